The fraction of sp³-hybridized carbons (Fsp3) is 0.515. The van der Waals surface area contributed by atoms with Crippen molar-refractivity contribution < 1.29 is 28.7 Å². The molecule has 1 saturated heterocycles. The topological polar surface area (TPSA) is 114 Å². The molecule has 2 aromatic carbocycles. The lowest BCUT2D eigenvalue weighted by atomic mass is 9.85. The smallest absolute Gasteiger partial charge is 0.408 e. The van der Waals surface area contributed by atoms with Gasteiger partial charge in [0.15, 0.2) is 0 Å². The third-order valence-electron chi connectivity index (χ3n) is 7.12. The first-order valence-electron chi connectivity index (χ1n) is 14.5. The summed E-state index contributed by atoms with van der Waals surface area (Å²) < 4.78 is 11.0. The minimum atomic E-state index is -0.996. The highest BCUT2D eigenvalue weighted by Crippen LogP contribution is 2.27. The lowest BCUT2D eigenvalue weighted by molar-refractivity contribution is -0.156. The van der Waals surface area contributed by atoms with Gasteiger partial charge in [-0.25, -0.2) is 9.59 Å². The van der Waals surface area contributed by atoms with E-state index in [0.717, 1.165) is 16.7 Å². The number of rotatable bonds is 9. The van der Waals surface area contributed by atoms with Crippen molar-refractivity contribution in [1.29, 1.82) is 0 Å². The van der Waals surface area contributed by atoms with Crippen LogP contribution >= 0.6 is 0 Å². The van der Waals surface area contributed by atoms with Crippen molar-refractivity contribution in [3.63, 3.8) is 0 Å². The van der Waals surface area contributed by atoms with Gasteiger partial charge in [-0.15, -0.1) is 0 Å². The molecule has 9 nitrogen and oxygen atoms in total. The number of alkyl carbamates (subject to hydrolysis) is 1. The molecule has 1 aliphatic heterocycles. The number of carbonyl (C=O) groups is 4. The van der Waals surface area contributed by atoms with E-state index in [9.17, 15) is 19.2 Å². The van der Waals surface area contributed by atoms with Gasteiger partial charge in [-0.2, -0.15) is 0 Å². The van der Waals surface area contributed by atoms with Crippen LogP contribution in [-0.4, -0.2) is 59.0 Å². The number of esters is 1. The maximum absolute atomic E-state index is 14.0. The average Bonchev–Trinajstić information content (AvgIpc) is 3.40. The van der Waals surface area contributed by atoms with Crippen LogP contribution < -0.4 is 10.6 Å². The van der Waals surface area contributed by atoms with E-state index in [-0.39, 0.29) is 18.9 Å². The Morgan fingerprint density at radius 2 is 1.57 bits per heavy atom. The highest BCUT2D eigenvalue weighted by Gasteiger charge is 2.43. The molecule has 1 aliphatic rings. The van der Waals surface area contributed by atoms with Crippen molar-refractivity contribution in [2.45, 2.75) is 98.1 Å². The van der Waals surface area contributed by atoms with Crippen LogP contribution in [0.2, 0.25) is 0 Å². The maximum atomic E-state index is 14.0. The van der Waals surface area contributed by atoms with Gasteiger partial charge in [0.1, 0.15) is 30.3 Å². The zero-order valence-electron chi connectivity index (χ0n) is 25.9. The second-order valence-corrected chi connectivity index (χ2v) is 12.9. The Hall–Kier alpha value is -3.88. The van der Waals surface area contributed by atoms with Crippen LogP contribution in [-0.2, 0) is 36.9 Å². The molecule has 3 amide bonds. The minimum absolute atomic E-state index is 0.120. The highest BCUT2D eigenvalue weighted by atomic mass is 16.6. The van der Waals surface area contributed by atoms with E-state index in [0.29, 0.717) is 19.4 Å². The van der Waals surface area contributed by atoms with E-state index in [1.807, 2.05) is 82.3 Å². The largest absolute Gasteiger partial charge is 0.459 e. The van der Waals surface area contributed by atoms with Gasteiger partial charge in [0.05, 0.1) is 0 Å². The number of aryl methyl sites for hydroxylation is 1. The predicted octanol–water partition coefficient (Wildman–Crippen LogP) is 4.70. The Morgan fingerprint density at radius 3 is 2.19 bits per heavy atom. The Morgan fingerprint density at radius 1 is 0.929 bits per heavy atom. The van der Waals surface area contributed by atoms with Crippen molar-refractivity contribution in [3.8, 4) is 0 Å². The van der Waals surface area contributed by atoms with E-state index in [1.54, 1.807) is 20.8 Å². The van der Waals surface area contributed by atoms with Crippen molar-refractivity contribution in [3.05, 3.63) is 71.3 Å². The van der Waals surface area contributed by atoms with Gasteiger partial charge < -0.3 is 25.0 Å². The summed E-state index contributed by atoms with van der Waals surface area (Å²) in [7, 11) is 0. The molecule has 0 bridgehead atoms. The number of ether oxygens (including phenoxy) is 2. The summed E-state index contributed by atoms with van der Waals surface area (Å²) in [6.07, 6.45) is 0.620. The molecule has 1 heterocycles. The summed E-state index contributed by atoms with van der Waals surface area (Å²) in [6, 6.07) is 14.3. The molecule has 0 aromatic heterocycles. The molecular weight excluding hydrogens is 534 g/mol. The molecule has 0 spiro atoms. The van der Waals surface area contributed by atoms with Crippen LogP contribution in [0, 0.1) is 12.3 Å². The summed E-state index contributed by atoms with van der Waals surface area (Å²) in [5.74, 6) is -1.34. The first-order chi connectivity index (χ1) is 19.7. The van der Waals surface area contributed by atoms with Gasteiger partial charge in [-0.3, -0.25) is 9.59 Å². The summed E-state index contributed by atoms with van der Waals surface area (Å²) in [5.41, 5.74) is 1.27. The third kappa shape index (κ3) is 9.33. The summed E-state index contributed by atoms with van der Waals surface area (Å²) in [4.78, 5) is 55.0. The summed E-state index contributed by atoms with van der Waals surface area (Å²) in [6.45, 7) is 13.2. The number of likely N-dealkylation sites (tertiary alicyclic amines) is 1. The van der Waals surface area contributed by atoms with Gasteiger partial charge in [0.2, 0.25) is 11.8 Å². The van der Waals surface area contributed by atoms with Gasteiger partial charge >= 0.3 is 12.1 Å². The fourth-order valence-electron chi connectivity index (χ4n) is 4.88. The van der Waals surface area contributed by atoms with Gasteiger partial charge in [-0.1, -0.05) is 75.4 Å². The first kappa shape index (κ1) is 32.6. The van der Waals surface area contributed by atoms with Crippen LogP contribution in [0.1, 0.15) is 71.1 Å². The van der Waals surface area contributed by atoms with Crippen molar-refractivity contribution in [1.82, 2.24) is 15.5 Å². The Labute approximate surface area is 249 Å². The lowest BCUT2D eigenvalue weighted by Gasteiger charge is -2.36. The van der Waals surface area contributed by atoms with Crippen LogP contribution in [0.3, 0.4) is 0 Å². The van der Waals surface area contributed by atoms with E-state index in [2.05, 4.69) is 10.6 Å². The normalized spacial score (nSPS) is 16.7. The second kappa shape index (κ2) is 13.9. The number of hydrogen-bond acceptors (Lipinski definition) is 6. The van der Waals surface area contributed by atoms with Gasteiger partial charge in [0.25, 0.3) is 0 Å². The summed E-state index contributed by atoms with van der Waals surface area (Å²) in [5, 5.41) is 5.61. The Balaban J connectivity index is 1.78. The molecule has 2 aromatic rings. The molecule has 0 saturated carbocycles. The molecule has 228 valence electrons. The van der Waals surface area contributed by atoms with Crippen molar-refractivity contribution >= 4 is 23.9 Å². The third-order valence-corrected chi connectivity index (χ3v) is 7.12. The van der Waals surface area contributed by atoms with Gasteiger partial charge in [-0.05, 0) is 62.6 Å². The molecule has 0 unspecified atom stereocenters. The molecule has 9 heteroatoms. The van der Waals surface area contributed by atoms with E-state index >= 15 is 0 Å². The SMILES string of the molecule is Cc1ccccc1C[C@H](NC(=O)OC(C)(C)C)C(=O)N[C@H](C(=O)N1CCC[C@H]1C(=O)OCc1ccccc1)C(C)(C)C. The van der Waals surface area contributed by atoms with Crippen molar-refractivity contribution in [2.24, 2.45) is 5.41 Å². The van der Waals surface area contributed by atoms with E-state index < -0.39 is 47.1 Å². The number of nitrogens with zero attached hydrogens (tertiary/aromatic N) is 1. The number of nitrogens with one attached hydrogen (secondary N) is 2. The fourth-order valence-corrected chi connectivity index (χ4v) is 4.88. The van der Waals surface area contributed by atoms with E-state index in [4.69, 9.17) is 9.47 Å². The molecule has 3 atom stereocenters. The van der Waals surface area contributed by atoms with Crippen molar-refractivity contribution in [2.75, 3.05) is 6.54 Å². The Kier molecular flexibility index (Phi) is 10.8. The van der Waals surface area contributed by atoms with E-state index in [1.165, 1.54) is 4.90 Å². The minimum Gasteiger partial charge on any atom is -0.459 e. The second-order valence-electron chi connectivity index (χ2n) is 12.9. The standard InChI is InChI=1S/C33H45N3O6/c1-22-14-11-12-17-24(22)20-25(34-31(40)42-33(5,6)7)28(37)35-27(32(2,3)4)29(38)36-19-13-18-26(36)30(39)41-21-23-15-9-8-10-16-23/h8-12,14-17,25-27H,13,18-21H2,1-7H3,(H,34,40)(H,35,37)/t25-,26-,27+/m0/s1. The Bertz CT molecular complexity index is 1250. The average molecular weight is 580 g/mol. The molecular formula is C33H45N3O6. The molecule has 0 radical (unpaired) electrons. The van der Waals surface area contributed by atoms with Crippen LogP contribution in [0.15, 0.2) is 54.6 Å². The monoisotopic (exact) mass is 579 g/mol. The number of benzene rings is 2. The van der Waals surface area contributed by atoms with Gasteiger partial charge in [0, 0.05) is 13.0 Å². The zero-order chi connectivity index (χ0) is 31.1. The molecule has 0 aliphatic carbocycles. The van der Waals surface area contributed by atoms with Crippen LogP contribution in [0.4, 0.5) is 4.79 Å². The maximum Gasteiger partial charge on any atom is 0.408 e. The molecule has 42 heavy (non-hydrogen) atoms. The summed E-state index contributed by atoms with van der Waals surface area (Å²) >= 11 is 0. The number of hydrogen-bond donors (Lipinski definition) is 2. The predicted molar refractivity (Wildman–Crippen MR) is 160 cm³/mol. The number of amides is 3. The zero-order valence-corrected chi connectivity index (χ0v) is 25.9. The lowest BCUT2D eigenvalue weighted by Crippen LogP contribution is -2.60. The molecule has 1 fully saturated rings. The number of carbonyl (C=O) groups excluding carboxylic acids is 4. The highest BCUT2D eigenvalue weighted by molar-refractivity contribution is 5.94. The quantitative estimate of drug-likeness (QED) is 0.417. The first-order valence-corrected chi connectivity index (χ1v) is 14.5. The van der Waals surface area contributed by atoms with Crippen LogP contribution in [0.25, 0.3) is 0 Å². The molecule has 2 N–H and O–H groups in total. The van der Waals surface area contributed by atoms with Crippen LogP contribution in [0.5, 0.6) is 0 Å². The molecule has 3 rings (SSSR count).